The van der Waals surface area contributed by atoms with Crippen molar-refractivity contribution in [3.05, 3.63) is 64.9 Å². The molecule has 6 heteroatoms. The SMILES string of the molecule is CC(C)c1ccc(CN2CCN(C(=O)Cc3csc(-c4ccco4)n3)CC2)cc1. The minimum atomic E-state index is 0.155. The lowest BCUT2D eigenvalue weighted by molar-refractivity contribution is -0.132. The van der Waals surface area contributed by atoms with E-state index in [9.17, 15) is 4.79 Å². The Morgan fingerprint density at radius 2 is 1.90 bits per heavy atom. The lowest BCUT2D eigenvalue weighted by Crippen LogP contribution is -2.48. The molecule has 1 aliphatic rings. The Bertz CT molecular complexity index is 923. The largest absolute Gasteiger partial charge is 0.462 e. The van der Waals surface area contributed by atoms with Crippen molar-refractivity contribution in [3.8, 4) is 10.8 Å². The van der Waals surface area contributed by atoms with Crippen LogP contribution in [0.15, 0.2) is 52.5 Å². The van der Waals surface area contributed by atoms with E-state index in [2.05, 4.69) is 48.0 Å². The maximum Gasteiger partial charge on any atom is 0.228 e. The molecule has 152 valence electrons. The van der Waals surface area contributed by atoms with E-state index in [4.69, 9.17) is 4.42 Å². The van der Waals surface area contributed by atoms with E-state index in [1.807, 2.05) is 22.4 Å². The van der Waals surface area contributed by atoms with E-state index in [1.54, 1.807) is 6.26 Å². The Hall–Kier alpha value is -2.44. The van der Waals surface area contributed by atoms with Gasteiger partial charge in [-0.3, -0.25) is 9.69 Å². The summed E-state index contributed by atoms with van der Waals surface area (Å²) in [5.74, 6) is 1.47. The number of rotatable bonds is 6. The Morgan fingerprint density at radius 1 is 1.14 bits per heavy atom. The second kappa shape index (κ2) is 8.93. The van der Waals surface area contributed by atoms with Gasteiger partial charge in [0.1, 0.15) is 0 Å². The molecule has 0 atom stereocenters. The van der Waals surface area contributed by atoms with Gasteiger partial charge in [-0.25, -0.2) is 4.98 Å². The molecule has 3 aromatic rings. The van der Waals surface area contributed by atoms with Crippen LogP contribution in [0.5, 0.6) is 0 Å². The fraction of sp³-hybridized carbons (Fsp3) is 0.391. The zero-order valence-corrected chi connectivity index (χ0v) is 17.8. The van der Waals surface area contributed by atoms with Gasteiger partial charge in [0.2, 0.25) is 5.91 Å². The number of hydrogen-bond acceptors (Lipinski definition) is 5. The van der Waals surface area contributed by atoms with E-state index >= 15 is 0 Å². The first kappa shape index (κ1) is 19.9. The molecule has 1 amide bonds. The molecule has 2 aromatic heterocycles. The predicted octanol–water partition coefficient (Wildman–Crippen LogP) is 4.41. The van der Waals surface area contributed by atoms with Crippen molar-refractivity contribution in [2.45, 2.75) is 32.7 Å². The molecule has 0 saturated carbocycles. The number of piperazine rings is 1. The normalized spacial score (nSPS) is 15.2. The molecule has 0 N–H and O–H groups in total. The summed E-state index contributed by atoms with van der Waals surface area (Å²) in [7, 11) is 0. The standard InChI is InChI=1S/C23H27N3O2S/c1-17(2)19-7-5-18(6-8-19)15-25-9-11-26(12-10-25)22(27)14-20-16-29-23(24-20)21-4-3-13-28-21/h3-8,13,16-17H,9-12,14-15H2,1-2H3. The van der Waals surface area contributed by atoms with Crippen LogP contribution >= 0.6 is 11.3 Å². The van der Waals surface area contributed by atoms with E-state index < -0.39 is 0 Å². The highest BCUT2D eigenvalue weighted by atomic mass is 32.1. The summed E-state index contributed by atoms with van der Waals surface area (Å²) in [6.45, 7) is 8.75. The maximum absolute atomic E-state index is 12.7. The second-order valence-electron chi connectivity index (χ2n) is 7.85. The summed E-state index contributed by atoms with van der Waals surface area (Å²) in [5.41, 5.74) is 3.53. The molecule has 1 aromatic carbocycles. The molecule has 0 unspecified atom stereocenters. The van der Waals surface area contributed by atoms with Crippen LogP contribution in [0.3, 0.4) is 0 Å². The molecular weight excluding hydrogens is 382 g/mol. The maximum atomic E-state index is 12.7. The van der Waals surface area contributed by atoms with Gasteiger partial charge in [0.05, 0.1) is 18.4 Å². The Morgan fingerprint density at radius 3 is 2.55 bits per heavy atom. The number of nitrogens with zero attached hydrogens (tertiary/aromatic N) is 3. The van der Waals surface area contributed by atoms with Crippen LogP contribution in [0.4, 0.5) is 0 Å². The second-order valence-corrected chi connectivity index (χ2v) is 8.71. The summed E-state index contributed by atoms with van der Waals surface area (Å²) < 4.78 is 5.38. The Kier molecular flexibility index (Phi) is 6.11. The number of aromatic nitrogens is 1. The smallest absolute Gasteiger partial charge is 0.228 e. The van der Waals surface area contributed by atoms with Crippen molar-refractivity contribution in [2.24, 2.45) is 0 Å². The first-order valence-electron chi connectivity index (χ1n) is 10.2. The van der Waals surface area contributed by atoms with Gasteiger partial charge in [-0.05, 0) is 29.2 Å². The summed E-state index contributed by atoms with van der Waals surface area (Å²) >= 11 is 1.52. The van der Waals surface area contributed by atoms with E-state index in [1.165, 1.54) is 22.5 Å². The quantitative estimate of drug-likeness (QED) is 0.605. The van der Waals surface area contributed by atoms with Gasteiger partial charge in [-0.1, -0.05) is 38.1 Å². The van der Waals surface area contributed by atoms with Crippen molar-refractivity contribution in [2.75, 3.05) is 26.2 Å². The van der Waals surface area contributed by atoms with Crippen LogP contribution in [0.2, 0.25) is 0 Å². The predicted molar refractivity (Wildman–Crippen MR) is 116 cm³/mol. The number of carbonyl (C=O) groups is 1. The molecule has 4 rings (SSSR count). The van der Waals surface area contributed by atoms with Crippen LogP contribution in [-0.4, -0.2) is 46.9 Å². The minimum absolute atomic E-state index is 0.155. The van der Waals surface area contributed by atoms with Crippen molar-refractivity contribution >= 4 is 17.2 Å². The molecule has 3 heterocycles. The first-order chi connectivity index (χ1) is 14.1. The third-order valence-electron chi connectivity index (χ3n) is 5.39. The molecular formula is C23H27N3O2S. The van der Waals surface area contributed by atoms with E-state index in [0.29, 0.717) is 12.3 Å². The molecule has 29 heavy (non-hydrogen) atoms. The number of benzene rings is 1. The average molecular weight is 410 g/mol. The highest BCUT2D eigenvalue weighted by Crippen LogP contribution is 2.24. The van der Waals surface area contributed by atoms with Gasteiger partial charge in [-0.2, -0.15) is 0 Å². The number of carbonyl (C=O) groups excluding carboxylic acids is 1. The molecule has 0 aliphatic carbocycles. The number of furan rings is 1. The van der Waals surface area contributed by atoms with Crippen molar-refractivity contribution in [1.82, 2.24) is 14.8 Å². The van der Waals surface area contributed by atoms with Crippen LogP contribution in [0.25, 0.3) is 10.8 Å². The number of thiazole rings is 1. The van der Waals surface area contributed by atoms with Crippen molar-refractivity contribution in [1.29, 1.82) is 0 Å². The third-order valence-corrected chi connectivity index (χ3v) is 6.30. The lowest BCUT2D eigenvalue weighted by Gasteiger charge is -2.34. The van der Waals surface area contributed by atoms with Crippen LogP contribution in [0, 0.1) is 0 Å². The lowest BCUT2D eigenvalue weighted by atomic mass is 10.0. The molecule has 1 fully saturated rings. The fourth-order valence-electron chi connectivity index (χ4n) is 3.59. The molecule has 1 saturated heterocycles. The monoisotopic (exact) mass is 409 g/mol. The van der Waals surface area contributed by atoms with Gasteiger partial charge >= 0.3 is 0 Å². The van der Waals surface area contributed by atoms with E-state index in [-0.39, 0.29) is 5.91 Å². The third kappa shape index (κ3) is 4.95. The summed E-state index contributed by atoms with van der Waals surface area (Å²) in [6, 6.07) is 12.6. The highest BCUT2D eigenvalue weighted by molar-refractivity contribution is 7.13. The summed E-state index contributed by atoms with van der Waals surface area (Å²) in [4.78, 5) is 21.6. The first-order valence-corrected chi connectivity index (χ1v) is 11.0. The summed E-state index contributed by atoms with van der Waals surface area (Å²) in [6.07, 6.45) is 1.99. The Labute approximate surface area is 176 Å². The molecule has 0 spiro atoms. The van der Waals surface area contributed by atoms with E-state index in [0.717, 1.165) is 49.2 Å². The van der Waals surface area contributed by atoms with Crippen molar-refractivity contribution in [3.63, 3.8) is 0 Å². The zero-order valence-electron chi connectivity index (χ0n) is 17.0. The minimum Gasteiger partial charge on any atom is -0.462 e. The van der Waals surface area contributed by atoms with Crippen LogP contribution < -0.4 is 0 Å². The molecule has 0 bridgehead atoms. The Balaban J connectivity index is 1.26. The van der Waals surface area contributed by atoms with Gasteiger partial charge < -0.3 is 9.32 Å². The molecule has 0 radical (unpaired) electrons. The molecule has 5 nitrogen and oxygen atoms in total. The fourth-order valence-corrected chi connectivity index (χ4v) is 4.38. The van der Waals surface area contributed by atoms with Crippen molar-refractivity contribution < 1.29 is 9.21 Å². The highest BCUT2D eigenvalue weighted by Gasteiger charge is 2.22. The summed E-state index contributed by atoms with van der Waals surface area (Å²) in [5, 5.41) is 2.78. The molecule has 1 aliphatic heterocycles. The van der Waals surface area contributed by atoms with Gasteiger partial charge in [0, 0.05) is 38.1 Å². The number of amides is 1. The number of hydrogen-bond donors (Lipinski definition) is 0. The van der Waals surface area contributed by atoms with Gasteiger partial charge in [0.15, 0.2) is 10.8 Å². The van der Waals surface area contributed by atoms with Crippen LogP contribution in [0.1, 0.15) is 36.6 Å². The zero-order chi connectivity index (χ0) is 20.2. The average Bonchev–Trinajstić information content (AvgIpc) is 3.41. The van der Waals surface area contributed by atoms with Gasteiger partial charge in [0.25, 0.3) is 0 Å². The van der Waals surface area contributed by atoms with Gasteiger partial charge in [-0.15, -0.1) is 11.3 Å². The topological polar surface area (TPSA) is 49.6 Å². The van der Waals surface area contributed by atoms with Crippen LogP contribution in [-0.2, 0) is 17.8 Å².